The number of anilines is 2. The molecule has 28 heavy (non-hydrogen) atoms. The predicted molar refractivity (Wildman–Crippen MR) is 105 cm³/mol. The number of para-hydroxylation sites is 1. The molecular formula is C21H25F2N3O2. The highest BCUT2D eigenvalue weighted by atomic mass is 19.3. The number of benzene rings is 2. The molecule has 3 rings (SSSR count). The van der Waals surface area contributed by atoms with Crippen molar-refractivity contribution in [2.24, 2.45) is 11.7 Å². The monoisotopic (exact) mass is 389 g/mol. The van der Waals surface area contributed by atoms with Gasteiger partial charge in [0.2, 0.25) is 0 Å². The van der Waals surface area contributed by atoms with Crippen LogP contribution in [0.3, 0.4) is 0 Å². The van der Waals surface area contributed by atoms with E-state index in [-0.39, 0.29) is 17.7 Å². The summed E-state index contributed by atoms with van der Waals surface area (Å²) in [5.41, 5.74) is 7.91. The summed E-state index contributed by atoms with van der Waals surface area (Å²) < 4.78 is 28.9. The molecule has 2 aromatic rings. The van der Waals surface area contributed by atoms with Gasteiger partial charge in [0.15, 0.2) is 0 Å². The number of rotatable bonds is 6. The minimum atomic E-state index is -2.86. The second kappa shape index (κ2) is 9.01. The number of hydrogen-bond donors (Lipinski definition) is 2. The SMILES string of the molecule is CC(N)C1CCN(C(=O)c2ccccc2Nc2ccc(OC(F)F)cc2)CC1. The molecule has 1 atom stereocenters. The maximum atomic E-state index is 13.0. The molecule has 0 saturated carbocycles. The van der Waals surface area contributed by atoms with E-state index < -0.39 is 6.61 Å². The molecule has 1 unspecified atom stereocenters. The molecule has 1 aliphatic heterocycles. The van der Waals surface area contributed by atoms with Gasteiger partial charge in [-0.3, -0.25) is 4.79 Å². The van der Waals surface area contributed by atoms with Gasteiger partial charge in [0.05, 0.1) is 11.3 Å². The van der Waals surface area contributed by atoms with E-state index in [1.165, 1.54) is 12.1 Å². The van der Waals surface area contributed by atoms with Crippen LogP contribution in [0.1, 0.15) is 30.1 Å². The Morgan fingerprint density at radius 3 is 2.39 bits per heavy atom. The average molecular weight is 389 g/mol. The van der Waals surface area contributed by atoms with Crippen LogP contribution in [0.25, 0.3) is 0 Å². The molecule has 150 valence electrons. The number of amides is 1. The fourth-order valence-corrected chi connectivity index (χ4v) is 3.45. The lowest BCUT2D eigenvalue weighted by atomic mass is 9.90. The topological polar surface area (TPSA) is 67.6 Å². The van der Waals surface area contributed by atoms with Crippen molar-refractivity contribution >= 4 is 17.3 Å². The summed E-state index contributed by atoms with van der Waals surface area (Å²) in [6, 6.07) is 13.6. The fraction of sp³-hybridized carbons (Fsp3) is 0.381. The molecule has 1 aliphatic rings. The van der Waals surface area contributed by atoms with Crippen LogP contribution < -0.4 is 15.8 Å². The first-order valence-corrected chi connectivity index (χ1v) is 9.40. The quantitative estimate of drug-likeness (QED) is 0.776. The summed E-state index contributed by atoms with van der Waals surface area (Å²) in [5.74, 6) is 0.511. The van der Waals surface area contributed by atoms with Gasteiger partial charge in [-0.1, -0.05) is 12.1 Å². The number of ether oxygens (including phenoxy) is 1. The number of carbonyl (C=O) groups excluding carboxylic acids is 1. The van der Waals surface area contributed by atoms with Crippen LogP contribution in [0.4, 0.5) is 20.2 Å². The minimum absolute atomic E-state index is 0.0242. The number of nitrogens with one attached hydrogen (secondary N) is 1. The highest BCUT2D eigenvalue weighted by molar-refractivity contribution is 6.00. The normalized spacial score (nSPS) is 16.1. The van der Waals surface area contributed by atoms with Crippen molar-refractivity contribution in [2.75, 3.05) is 18.4 Å². The summed E-state index contributed by atoms with van der Waals surface area (Å²) in [6.45, 7) is 0.542. The Morgan fingerprint density at radius 2 is 1.79 bits per heavy atom. The van der Waals surface area contributed by atoms with Gasteiger partial charge in [0.1, 0.15) is 5.75 Å². The van der Waals surface area contributed by atoms with Gasteiger partial charge in [0, 0.05) is 24.8 Å². The molecule has 3 N–H and O–H groups in total. The van der Waals surface area contributed by atoms with E-state index in [0.29, 0.717) is 35.9 Å². The predicted octanol–water partition coefficient (Wildman–Crippen LogP) is 4.23. The fourth-order valence-electron chi connectivity index (χ4n) is 3.45. The smallest absolute Gasteiger partial charge is 0.387 e. The van der Waals surface area contributed by atoms with Crippen molar-refractivity contribution in [3.8, 4) is 5.75 Å². The van der Waals surface area contributed by atoms with E-state index >= 15 is 0 Å². The largest absolute Gasteiger partial charge is 0.435 e. The van der Waals surface area contributed by atoms with Crippen molar-refractivity contribution in [3.63, 3.8) is 0 Å². The van der Waals surface area contributed by atoms with Gasteiger partial charge in [-0.25, -0.2) is 0 Å². The van der Waals surface area contributed by atoms with Crippen LogP contribution in [0.5, 0.6) is 5.75 Å². The molecule has 7 heteroatoms. The first kappa shape index (κ1) is 20.1. The number of likely N-dealkylation sites (tertiary alicyclic amines) is 1. The second-order valence-electron chi connectivity index (χ2n) is 7.06. The number of nitrogens with two attached hydrogens (primary N) is 1. The van der Waals surface area contributed by atoms with Crippen LogP contribution in [0.2, 0.25) is 0 Å². The molecule has 1 amide bonds. The number of hydrogen-bond acceptors (Lipinski definition) is 4. The zero-order chi connectivity index (χ0) is 20.1. The van der Waals surface area contributed by atoms with Gasteiger partial charge in [-0.15, -0.1) is 0 Å². The molecule has 0 aliphatic carbocycles. The number of alkyl halides is 2. The maximum absolute atomic E-state index is 13.0. The number of piperidine rings is 1. The van der Waals surface area contributed by atoms with Crippen LogP contribution >= 0.6 is 0 Å². The van der Waals surface area contributed by atoms with E-state index in [1.54, 1.807) is 18.2 Å². The van der Waals surface area contributed by atoms with E-state index in [0.717, 1.165) is 12.8 Å². The van der Waals surface area contributed by atoms with Crippen molar-refractivity contribution in [1.29, 1.82) is 0 Å². The van der Waals surface area contributed by atoms with Crippen molar-refractivity contribution in [1.82, 2.24) is 4.90 Å². The zero-order valence-electron chi connectivity index (χ0n) is 15.8. The Hall–Kier alpha value is -2.67. The third kappa shape index (κ3) is 4.98. The second-order valence-corrected chi connectivity index (χ2v) is 7.06. The Kier molecular flexibility index (Phi) is 6.46. The average Bonchev–Trinajstić information content (AvgIpc) is 2.69. The lowest BCUT2D eigenvalue weighted by Gasteiger charge is -2.34. The molecule has 1 fully saturated rings. The summed E-state index contributed by atoms with van der Waals surface area (Å²) in [5, 5.41) is 3.19. The van der Waals surface area contributed by atoms with Crippen LogP contribution in [-0.4, -0.2) is 36.5 Å². The first-order chi connectivity index (χ1) is 13.4. The Labute approximate surface area is 163 Å². The molecule has 0 spiro atoms. The molecule has 0 aromatic heterocycles. The lowest BCUT2D eigenvalue weighted by Crippen LogP contribution is -2.42. The van der Waals surface area contributed by atoms with Gasteiger partial charge in [0.25, 0.3) is 5.91 Å². The standard InChI is InChI=1S/C21H25F2N3O2/c1-14(24)15-10-12-26(13-11-15)20(27)18-4-2-3-5-19(18)25-16-6-8-17(9-7-16)28-21(22)23/h2-9,14-15,21,25H,10-13,24H2,1H3. The van der Waals surface area contributed by atoms with E-state index in [9.17, 15) is 13.6 Å². The van der Waals surface area contributed by atoms with Gasteiger partial charge in [-0.05, 0) is 62.1 Å². The molecule has 0 radical (unpaired) electrons. The molecule has 1 heterocycles. The maximum Gasteiger partial charge on any atom is 0.387 e. The Morgan fingerprint density at radius 1 is 1.14 bits per heavy atom. The van der Waals surface area contributed by atoms with Gasteiger partial charge < -0.3 is 20.7 Å². The Balaban J connectivity index is 1.70. The minimum Gasteiger partial charge on any atom is -0.435 e. The molecule has 1 saturated heterocycles. The third-order valence-electron chi connectivity index (χ3n) is 5.09. The van der Waals surface area contributed by atoms with Gasteiger partial charge >= 0.3 is 6.61 Å². The van der Waals surface area contributed by atoms with Crippen molar-refractivity contribution < 1.29 is 18.3 Å². The van der Waals surface area contributed by atoms with E-state index in [4.69, 9.17) is 5.73 Å². The lowest BCUT2D eigenvalue weighted by molar-refractivity contribution is -0.0498. The molecule has 2 aromatic carbocycles. The Bertz CT molecular complexity index is 788. The zero-order valence-corrected chi connectivity index (χ0v) is 15.8. The molecule has 0 bridgehead atoms. The van der Waals surface area contributed by atoms with Crippen molar-refractivity contribution in [3.05, 3.63) is 54.1 Å². The van der Waals surface area contributed by atoms with Gasteiger partial charge in [-0.2, -0.15) is 8.78 Å². The van der Waals surface area contributed by atoms with Crippen LogP contribution in [0.15, 0.2) is 48.5 Å². The summed E-state index contributed by atoms with van der Waals surface area (Å²) in [4.78, 5) is 14.9. The summed E-state index contributed by atoms with van der Waals surface area (Å²) in [6.07, 6.45) is 1.81. The number of halogens is 2. The van der Waals surface area contributed by atoms with Crippen LogP contribution in [0, 0.1) is 5.92 Å². The van der Waals surface area contributed by atoms with E-state index in [2.05, 4.69) is 10.1 Å². The first-order valence-electron chi connectivity index (χ1n) is 9.40. The number of carbonyl (C=O) groups is 1. The number of nitrogens with zero attached hydrogens (tertiary/aromatic N) is 1. The molecular weight excluding hydrogens is 364 g/mol. The summed E-state index contributed by atoms with van der Waals surface area (Å²) >= 11 is 0. The van der Waals surface area contributed by atoms with Crippen LogP contribution in [-0.2, 0) is 0 Å². The van der Waals surface area contributed by atoms with E-state index in [1.807, 2.05) is 30.0 Å². The highest BCUT2D eigenvalue weighted by Gasteiger charge is 2.26. The third-order valence-corrected chi connectivity index (χ3v) is 5.09. The molecule has 5 nitrogen and oxygen atoms in total. The highest BCUT2D eigenvalue weighted by Crippen LogP contribution is 2.26. The summed E-state index contributed by atoms with van der Waals surface area (Å²) in [7, 11) is 0. The van der Waals surface area contributed by atoms with Crippen molar-refractivity contribution in [2.45, 2.75) is 32.4 Å².